The minimum atomic E-state index is 0.625. The molecule has 0 atom stereocenters. The number of unbranched alkanes of at least 4 members (excludes halogenated alkanes) is 1. The molecule has 4 heteroatoms. The van der Waals surface area contributed by atoms with E-state index >= 15 is 0 Å². The number of nitrogens with two attached hydrogens (primary N) is 1. The predicted molar refractivity (Wildman–Crippen MR) is 76.7 cm³/mol. The van der Waals surface area contributed by atoms with Crippen molar-refractivity contribution < 1.29 is 0 Å². The maximum atomic E-state index is 5.99. The van der Waals surface area contributed by atoms with Gasteiger partial charge in [-0.3, -0.25) is 0 Å². The van der Waals surface area contributed by atoms with Gasteiger partial charge in [0.25, 0.3) is 0 Å². The van der Waals surface area contributed by atoms with Crippen LogP contribution in [0.15, 0.2) is 18.2 Å². The topological polar surface area (TPSA) is 47.1 Å². The van der Waals surface area contributed by atoms with Gasteiger partial charge >= 0.3 is 0 Å². The lowest BCUT2D eigenvalue weighted by atomic mass is 10.2. The first-order valence-electron chi connectivity index (χ1n) is 6.45. The summed E-state index contributed by atoms with van der Waals surface area (Å²) in [5.74, 6) is 0.625. The molecule has 0 bridgehead atoms. The number of aryl methyl sites for hydroxylation is 2. The number of rotatable bonds is 5. The lowest BCUT2D eigenvalue weighted by Gasteiger charge is -2.10. The Morgan fingerprint density at radius 3 is 2.78 bits per heavy atom. The van der Waals surface area contributed by atoms with Crippen LogP contribution < -0.4 is 5.73 Å². The Morgan fingerprint density at radius 1 is 1.28 bits per heavy atom. The van der Waals surface area contributed by atoms with E-state index in [1.54, 1.807) is 0 Å². The molecule has 2 aromatic rings. The Balaban J connectivity index is 2.10. The molecule has 0 unspecified atom stereocenters. The van der Waals surface area contributed by atoms with E-state index in [4.69, 9.17) is 5.73 Å². The number of imidazole rings is 1. The monoisotopic (exact) mass is 246 g/mol. The van der Waals surface area contributed by atoms with Gasteiger partial charge in [0.15, 0.2) is 0 Å². The lowest BCUT2D eigenvalue weighted by Crippen LogP contribution is -2.13. The fourth-order valence-corrected chi connectivity index (χ4v) is 2.19. The number of nitrogen functional groups attached to an aromatic ring is 1. The van der Waals surface area contributed by atoms with Crippen molar-refractivity contribution in [2.24, 2.45) is 0 Å². The van der Waals surface area contributed by atoms with Crippen LogP contribution >= 0.6 is 0 Å². The molecule has 98 valence electrons. The molecule has 0 aliphatic heterocycles. The largest absolute Gasteiger partial charge is 0.369 e. The van der Waals surface area contributed by atoms with Crippen LogP contribution in [-0.2, 0) is 6.54 Å². The van der Waals surface area contributed by atoms with Gasteiger partial charge in [-0.25, -0.2) is 4.98 Å². The molecular formula is C14H22N4. The van der Waals surface area contributed by atoms with E-state index in [0.717, 1.165) is 30.5 Å². The highest BCUT2D eigenvalue weighted by Gasteiger charge is 2.07. The Kier molecular flexibility index (Phi) is 3.87. The van der Waals surface area contributed by atoms with Crippen molar-refractivity contribution in [3.05, 3.63) is 23.8 Å². The van der Waals surface area contributed by atoms with Crippen molar-refractivity contribution in [2.75, 3.05) is 26.4 Å². The number of anilines is 1. The molecule has 0 aliphatic rings. The molecule has 0 spiro atoms. The number of hydrogen-bond acceptors (Lipinski definition) is 3. The third-order valence-corrected chi connectivity index (χ3v) is 3.17. The van der Waals surface area contributed by atoms with Gasteiger partial charge in [0.2, 0.25) is 5.95 Å². The van der Waals surface area contributed by atoms with Gasteiger partial charge in [0, 0.05) is 6.54 Å². The van der Waals surface area contributed by atoms with E-state index in [-0.39, 0.29) is 0 Å². The van der Waals surface area contributed by atoms with Gasteiger partial charge in [-0.05, 0) is 58.1 Å². The highest BCUT2D eigenvalue weighted by molar-refractivity contribution is 5.79. The van der Waals surface area contributed by atoms with Crippen LogP contribution in [0.3, 0.4) is 0 Å². The quantitative estimate of drug-likeness (QED) is 0.823. The van der Waals surface area contributed by atoms with Crippen LogP contribution in [0.4, 0.5) is 5.95 Å². The van der Waals surface area contributed by atoms with E-state index < -0.39 is 0 Å². The highest BCUT2D eigenvalue weighted by atomic mass is 15.1. The summed E-state index contributed by atoms with van der Waals surface area (Å²) < 4.78 is 2.12. The summed E-state index contributed by atoms with van der Waals surface area (Å²) in [6, 6.07) is 6.31. The standard InChI is InChI=1S/C14H22N4/c1-11-6-7-13-12(10-11)16-14(15)18(13)9-5-4-8-17(2)3/h6-7,10H,4-5,8-9H2,1-3H3,(H2,15,16). The SMILES string of the molecule is Cc1ccc2c(c1)nc(N)n2CCCCN(C)C. The molecule has 0 radical (unpaired) electrons. The summed E-state index contributed by atoms with van der Waals surface area (Å²) in [5.41, 5.74) is 9.35. The molecule has 1 aromatic carbocycles. The van der Waals surface area contributed by atoms with Gasteiger partial charge in [-0.1, -0.05) is 6.07 Å². The molecule has 18 heavy (non-hydrogen) atoms. The smallest absolute Gasteiger partial charge is 0.201 e. The number of aromatic nitrogens is 2. The molecule has 0 aliphatic carbocycles. The van der Waals surface area contributed by atoms with Crippen molar-refractivity contribution in [1.29, 1.82) is 0 Å². The molecular weight excluding hydrogens is 224 g/mol. The van der Waals surface area contributed by atoms with Gasteiger partial charge in [-0.2, -0.15) is 0 Å². The molecule has 2 N–H and O–H groups in total. The van der Waals surface area contributed by atoms with Crippen LogP contribution in [0, 0.1) is 6.92 Å². The van der Waals surface area contributed by atoms with Crippen molar-refractivity contribution in [2.45, 2.75) is 26.3 Å². The molecule has 1 heterocycles. The zero-order valence-electron chi connectivity index (χ0n) is 11.5. The maximum Gasteiger partial charge on any atom is 0.201 e. The van der Waals surface area contributed by atoms with E-state index in [1.807, 2.05) is 0 Å². The molecule has 0 saturated heterocycles. The van der Waals surface area contributed by atoms with Crippen LogP contribution in [0.2, 0.25) is 0 Å². The number of fused-ring (bicyclic) bond motifs is 1. The van der Waals surface area contributed by atoms with Crippen molar-refractivity contribution >= 4 is 17.0 Å². The van der Waals surface area contributed by atoms with E-state index in [9.17, 15) is 0 Å². The minimum absolute atomic E-state index is 0.625. The van der Waals surface area contributed by atoms with Gasteiger partial charge in [-0.15, -0.1) is 0 Å². The summed E-state index contributed by atoms with van der Waals surface area (Å²) in [6.45, 7) is 4.14. The first-order valence-corrected chi connectivity index (χ1v) is 6.45. The van der Waals surface area contributed by atoms with E-state index in [0.29, 0.717) is 5.95 Å². The van der Waals surface area contributed by atoms with Gasteiger partial charge in [0.05, 0.1) is 11.0 Å². The van der Waals surface area contributed by atoms with Crippen molar-refractivity contribution in [3.8, 4) is 0 Å². The Hall–Kier alpha value is -1.55. The van der Waals surface area contributed by atoms with E-state index in [2.05, 4.69) is 53.7 Å². The van der Waals surface area contributed by atoms with Gasteiger partial charge < -0.3 is 15.2 Å². The lowest BCUT2D eigenvalue weighted by molar-refractivity contribution is 0.388. The summed E-state index contributed by atoms with van der Waals surface area (Å²) in [7, 11) is 4.20. The summed E-state index contributed by atoms with van der Waals surface area (Å²) >= 11 is 0. The average Bonchev–Trinajstić information content (AvgIpc) is 2.59. The molecule has 4 nitrogen and oxygen atoms in total. The fraction of sp³-hybridized carbons (Fsp3) is 0.500. The van der Waals surface area contributed by atoms with Gasteiger partial charge in [0.1, 0.15) is 0 Å². The first-order chi connectivity index (χ1) is 8.58. The van der Waals surface area contributed by atoms with Crippen molar-refractivity contribution in [1.82, 2.24) is 14.5 Å². The second-order valence-electron chi connectivity index (χ2n) is 5.12. The second kappa shape index (κ2) is 5.40. The maximum absolute atomic E-state index is 5.99. The molecule has 0 amide bonds. The van der Waals surface area contributed by atoms with Crippen LogP contribution in [-0.4, -0.2) is 35.1 Å². The summed E-state index contributed by atoms with van der Waals surface area (Å²) in [6.07, 6.45) is 2.31. The summed E-state index contributed by atoms with van der Waals surface area (Å²) in [5, 5.41) is 0. The number of benzene rings is 1. The van der Waals surface area contributed by atoms with E-state index in [1.165, 1.54) is 12.0 Å². The number of nitrogens with zero attached hydrogens (tertiary/aromatic N) is 3. The predicted octanol–water partition coefficient (Wildman–Crippen LogP) is 2.27. The fourth-order valence-electron chi connectivity index (χ4n) is 2.19. The first kappa shape index (κ1) is 12.9. The Bertz CT molecular complexity index is 528. The molecule has 1 aromatic heterocycles. The summed E-state index contributed by atoms with van der Waals surface area (Å²) in [4.78, 5) is 6.63. The third kappa shape index (κ3) is 2.82. The minimum Gasteiger partial charge on any atom is -0.369 e. The highest BCUT2D eigenvalue weighted by Crippen LogP contribution is 2.19. The second-order valence-corrected chi connectivity index (χ2v) is 5.12. The Labute approximate surface area is 108 Å². The molecule has 2 rings (SSSR count). The van der Waals surface area contributed by atoms with Crippen LogP contribution in [0.5, 0.6) is 0 Å². The third-order valence-electron chi connectivity index (χ3n) is 3.17. The average molecular weight is 246 g/mol. The zero-order valence-corrected chi connectivity index (χ0v) is 11.5. The number of hydrogen-bond donors (Lipinski definition) is 1. The zero-order chi connectivity index (χ0) is 13.1. The Morgan fingerprint density at radius 2 is 2.06 bits per heavy atom. The van der Waals surface area contributed by atoms with Crippen LogP contribution in [0.1, 0.15) is 18.4 Å². The normalized spacial score (nSPS) is 11.6. The van der Waals surface area contributed by atoms with Crippen molar-refractivity contribution in [3.63, 3.8) is 0 Å². The van der Waals surface area contributed by atoms with Crippen LogP contribution in [0.25, 0.3) is 11.0 Å². The molecule has 0 fully saturated rings. The molecule has 0 saturated carbocycles.